The number of nitrogens with zero attached hydrogens (tertiary/aromatic N) is 1. The van der Waals surface area contributed by atoms with Gasteiger partial charge in [0.05, 0.1) is 5.69 Å². The Morgan fingerprint density at radius 1 is 0.717 bits per heavy atom. The molecule has 1 aromatic heterocycles. The lowest BCUT2D eigenvalue weighted by Crippen LogP contribution is -2.30. The summed E-state index contributed by atoms with van der Waals surface area (Å²) in [6.07, 6.45) is 1.63. The second-order valence-corrected chi connectivity index (χ2v) is 14.9. The van der Waals surface area contributed by atoms with E-state index >= 15 is 0 Å². The molecule has 0 fully saturated rings. The molecule has 0 aliphatic carbocycles. The molecule has 0 bridgehead atoms. The molecule has 1 unspecified atom stereocenters. The van der Waals surface area contributed by atoms with E-state index < -0.39 is 17.1 Å². The van der Waals surface area contributed by atoms with Gasteiger partial charge in [-0.15, -0.1) is 23.1 Å². The third-order valence-corrected chi connectivity index (χ3v) is 10.7. The lowest BCUT2D eigenvalue weighted by molar-refractivity contribution is -0.116. The predicted octanol–water partition coefficient (Wildman–Crippen LogP) is 10.6. The van der Waals surface area contributed by atoms with E-state index in [1.54, 1.807) is 42.5 Å². The molecule has 7 nitrogen and oxygen atoms in total. The van der Waals surface area contributed by atoms with Crippen LogP contribution < -0.4 is 16.0 Å². The lowest BCUT2D eigenvalue weighted by atomic mass is 10.1. The molecule has 3 N–H and O–H groups in total. The van der Waals surface area contributed by atoms with E-state index in [9.17, 15) is 14.4 Å². The lowest BCUT2D eigenvalue weighted by Gasteiger charge is -2.17. The number of rotatable bonds is 11. The summed E-state index contributed by atoms with van der Waals surface area (Å²) < 4.78 is 0.841. The maximum absolute atomic E-state index is 13.8. The molecule has 0 radical (unpaired) electrons. The van der Waals surface area contributed by atoms with Crippen molar-refractivity contribution in [2.45, 2.75) is 10.1 Å². The summed E-state index contributed by atoms with van der Waals surface area (Å²) in [7, 11) is 0. The fourth-order valence-electron chi connectivity index (χ4n) is 5.54. The number of anilines is 2. The number of halogens is 1. The van der Waals surface area contributed by atoms with Gasteiger partial charge in [-0.1, -0.05) is 113 Å². The smallest absolute Gasteiger partial charge is 0.272 e. The van der Waals surface area contributed by atoms with Gasteiger partial charge in [0.15, 0.2) is 5.13 Å². The quantitative estimate of drug-likeness (QED) is 0.0894. The summed E-state index contributed by atoms with van der Waals surface area (Å²) >= 11 is 6.24. The number of carbonyl (C=O) groups is 3. The van der Waals surface area contributed by atoms with Crippen LogP contribution in [0, 0.1) is 0 Å². The predicted molar refractivity (Wildman–Crippen MR) is 220 cm³/mol. The SMILES string of the molecule is O=C(Nc1ccc(SC(C(=O)Nc2nc(-c3ccc4ccccc4c3)cs2)c2ccccc2)cc1)/C(=C/c1cccc(Br)c1)NC(=O)c1ccccc1. The Kier molecular flexibility index (Phi) is 11.2. The van der Waals surface area contributed by atoms with Crippen LogP contribution in [0.25, 0.3) is 28.1 Å². The highest BCUT2D eigenvalue weighted by molar-refractivity contribution is 9.10. The Bertz CT molecular complexity index is 2430. The van der Waals surface area contributed by atoms with Gasteiger partial charge in [-0.2, -0.15) is 0 Å². The van der Waals surface area contributed by atoms with Crippen molar-refractivity contribution in [3.05, 3.63) is 184 Å². The fraction of sp³-hybridized carbons (Fsp3) is 0.0233. The monoisotopic (exact) mass is 794 g/mol. The van der Waals surface area contributed by atoms with Crippen LogP contribution in [-0.2, 0) is 9.59 Å². The first-order valence-electron chi connectivity index (χ1n) is 16.6. The maximum Gasteiger partial charge on any atom is 0.272 e. The van der Waals surface area contributed by atoms with Gasteiger partial charge in [0.2, 0.25) is 5.91 Å². The minimum Gasteiger partial charge on any atom is -0.321 e. The van der Waals surface area contributed by atoms with Crippen molar-refractivity contribution in [1.29, 1.82) is 0 Å². The van der Waals surface area contributed by atoms with Crippen LogP contribution in [0.3, 0.4) is 0 Å². The maximum atomic E-state index is 13.8. The summed E-state index contributed by atoms with van der Waals surface area (Å²) in [4.78, 5) is 46.0. The van der Waals surface area contributed by atoms with Crippen molar-refractivity contribution < 1.29 is 14.4 Å². The number of carbonyl (C=O) groups excluding carboxylic acids is 3. The van der Waals surface area contributed by atoms with Crippen molar-refractivity contribution in [1.82, 2.24) is 10.3 Å². The second-order valence-electron chi connectivity index (χ2n) is 11.9. The van der Waals surface area contributed by atoms with Crippen LogP contribution in [-0.4, -0.2) is 22.7 Å². The average molecular weight is 796 g/mol. The Balaban J connectivity index is 1.06. The highest BCUT2D eigenvalue weighted by Crippen LogP contribution is 2.37. The second kappa shape index (κ2) is 16.7. The van der Waals surface area contributed by atoms with Crippen LogP contribution in [0.2, 0.25) is 0 Å². The molecule has 10 heteroatoms. The van der Waals surface area contributed by atoms with E-state index in [-0.39, 0.29) is 11.6 Å². The molecule has 1 atom stereocenters. The van der Waals surface area contributed by atoms with Gasteiger partial charge in [-0.3, -0.25) is 14.4 Å². The van der Waals surface area contributed by atoms with Gasteiger partial charge in [0.25, 0.3) is 11.8 Å². The molecule has 7 aromatic rings. The summed E-state index contributed by atoms with van der Waals surface area (Å²) in [5.41, 5.74) is 4.40. The standard InChI is InChI=1S/C43H31BrN4O3S2/c44-34-17-9-10-28(24-34)25-37(46-40(49)31-14-5-2-6-15-31)41(50)45-35-20-22-36(23-21-35)53-39(30-12-3-1-4-13-30)42(51)48-43-47-38(27-52-43)33-19-18-29-11-7-8-16-32(29)26-33/h1-27,39H,(H,45,50)(H,46,49)(H,47,48,51)/b37-25-. The van der Waals surface area contributed by atoms with Gasteiger partial charge < -0.3 is 16.0 Å². The van der Waals surface area contributed by atoms with Crippen molar-refractivity contribution in [3.63, 3.8) is 0 Å². The topological polar surface area (TPSA) is 100 Å². The highest BCUT2D eigenvalue weighted by atomic mass is 79.9. The zero-order chi connectivity index (χ0) is 36.6. The molecule has 3 amide bonds. The molecule has 1 heterocycles. The van der Waals surface area contributed by atoms with E-state index in [2.05, 4.69) is 56.1 Å². The Morgan fingerprint density at radius 2 is 1.43 bits per heavy atom. The van der Waals surface area contributed by atoms with Crippen molar-refractivity contribution >= 4 is 84.4 Å². The van der Waals surface area contributed by atoms with E-state index in [1.165, 1.54) is 23.1 Å². The van der Waals surface area contributed by atoms with Crippen molar-refractivity contribution in [2.24, 2.45) is 0 Å². The van der Waals surface area contributed by atoms with Crippen LogP contribution in [0.5, 0.6) is 0 Å². The molecule has 0 aliphatic rings. The first-order chi connectivity index (χ1) is 25.9. The first-order valence-corrected chi connectivity index (χ1v) is 19.2. The Labute approximate surface area is 323 Å². The fourth-order valence-corrected chi connectivity index (χ4v) is 7.71. The van der Waals surface area contributed by atoms with Gasteiger partial charge in [0.1, 0.15) is 10.9 Å². The average Bonchev–Trinajstić information content (AvgIpc) is 3.66. The number of benzene rings is 6. The van der Waals surface area contributed by atoms with Gasteiger partial charge in [-0.05, 0) is 82.6 Å². The largest absolute Gasteiger partial charge is 0.321 e. The number of hydrogen-bond acceptors (Lipinski definition) is 6. The first kappa shape index (κ1) is 35.6. The number of fused-ring (bicyclic) bond motifs is 1. The summed E-state index contributed by atoms with van der Waals surface area (Å²) in [5, 5.41) is 12.9. The molecular weight excluding hydrogens is 765 g/mol. The number of aromatic nitrogens is 1. The van der Waals surface area contributed by atoms with Crippen LogP contribution in [0.4, 0.5) is 10.8 Å². The summed E-state index contributed by atoms with van der Waals surface area (Å²) in [6.45, 7) is 0. The highest BCUT2D eigenvalue weighted by Gasteiger charge is 2.24. The molecule has 53 heavy (non-hydrogen) atoms. The van der Waals surface area contributed by atoms with E-state index in [4.69, 9.17) is 4.98 Å². The molecule has 260 valence electrons. The number of thiazole rings is 1. The number of thioether (sulfide) groups is 1. The molecule has 0 spiro atoms. The van der Waals surface area contributed by atoms with Crippen LogP contribution >= 0.6 is 39.0 Å². The zero-order valence-corrected chi connectivity index (χ0v) is 31.3. The van der Waals surface area contributed by atoms with Crippen molar-refractivity contribution in [2.75, 3.05) is 10.6 Å². The minimum absolute atomic E-state index is 0.0853. The van der Waals surface area contributed by atoms with E-state index in [1.807, 2.05) is 96.4 Å². The molecule has 6 aromatic carbocycles. The molecule has 0 saturated heterocycles. The minimum atomic E-state index is -0.572. The van der Waals surface area contributed by atoms with Crippen LogP contribution in [0.1, 0.15) is 26.7 Å². The summed E-state index contributed by atoms with van der Waals surface area (Å²) in [6, 6.07) is 47.4. The van der Waals surface area contributed by atoms with Crippen molar-refractivity contribution in [3.8, 4) is 11.3 Å². The number of hydrogen-bond donors (Lipinski definition) is 3. The van der Waals surface area contributed by atoms with E-state index in [0.29, 0.717) is 16.4 Å². The van der Waals surface area contributed by atoms with E-state index in [0.717, 1.165) is 42.5 Å². The Hall–Kier alpha value is -5.81. The third kappa shape index (κ3) is 9.17. The van der Waals surface area contributed by atoms with Gasteiger partial charge in [-0.25, -0.2) is 4.98 Å². The van der Waals surface area contributed by atoms with Gasteiger partial charge >= 0.3 is 0 Å². The number of nitrogens with one attached hydrogen (secondary N) is 3. The summed E-state index contributed by atoms with van der Waals surface area (Å²) in [5.74, 6) is -1.08. The third-order valence-electron chi connectivity index (χ3n) is 8.17. The number of amides is 3. The normalized spacial score (nSPS) is 11.8. The molecule has 7 rings (SSSR count). The zero-order valence-electron chi connectivity index (χ0n) is 28.0. The van der Waals surface area contributed by atoms with Crippen LogP contribution in [0.15, 0.2) is 172 Å². The molecule has 0 aliphatic heterocycles. The Morgan fingerprint density at radius 3 is 2.19 bits per heavy atom. The van der Waals surface area contributed by atoms with Gasteiger partial charge in [0, 0.05) is 31.6 Å². The molecule has 0 saturated carbocycles. The molecular formula is C43H31BrN4O3S2.